The second kappa shape index (κ2) is 6.87. The summed E-state index contributed by atoms with van der Waals surface area (Å²) in [6.45, 7) is 9.53. The maximum atomic E-state index is 2.48. The lowest BCUT2D eigenvalue weighted by Crippen LogP contribution is -2.33. The van der Waals surface area contributed by atoms with E-state index in [1.165, 1.54) is 62.5 Å². The molecular weight excluding hydrogens is 362 g/mol. The molecule has 0 fully saturated rings. The zero-order chi connectivity index (χ0) is 21.0. The van der Waals surface area contributed by atoms with Crippen LogP contribution in [0.5, 0.6) is 0 Å². The van der Waals surface area contributed by atoms with Crippen molar-refractivity contribution in [2.24, 2.45) is 0 Å². The first-order valence-corrected chi connectivity index (χ1v) is 11.3. The highest BCUT2D eigenvalue weighted by atomic mass is 15.1. The van der Waals surface area contributed by atoms with Crippen LogP contribution in [0.3, 0.4) is 0 Å². The first-order valence-electron chi connectivity index (χ1n) is 11.3. The fourth-order valence-corrected chi connectivity index (χ4v) is 5.85. The number of rotatable bonds is 3. The molecule has 0 saturated carbocycles. The van der Waals surface area contributed by atoms with Gasteiger partial charge in [-0.3, -0.25) is 0 Å². The predicted molar refractivity (Wildman–Crippen MR) is 131 cm³/mol. The quantitative estimate of drug-likeness (QED) is 0.338. The Morgan fingerprint density at radius 2 is 1.40 bits per heavy atom. The third-order valence-electron chi connectivity index (χ3n) is 7.33. The second-order valence-corrected chi connectivity index (χ2v) is 9.29. The number of anilines is 2. The van der Waals surface area contributed by atoms with Gasteiger partial charge in [0.1, 0.15) is 0 Å². The van der Waals surface area contributed by atoms with Crippen LogP contribution in [-0.4, -0.2) is 7.05 Å². The van der Waals surface area contributed by atoms with Crippen LogP contribution in [0, 0.1) is 0 Å². The molecule has 0 aromatic heterocycles. The van der Waals surface area contributed by atoms with Gasteiger partial charge in [-0.2, -0.15) is 0 Å². The van der Waals surface area contributed by atoms with E-state index in [0.717, 1.165) is 0 Å². The minimum absolute atomic E-state index is 0.0694. The summed E-state index contributed by atoms with van der Waals surface area (Å²) in [7, 11) is 2.25. The van der Waals surface area contributed by atoms with Crippen LogP contribution in [0.2, 0.25) is 0 Å². The van der Waals surface area contributed by atoms with Gasteiger partial charge < -0.3 is 4.90 Å². The van der Waals surface area contributed by atoms with E-state index in [9.17, 15) is 0 Å². The van der Waals surface area contributed by atoms with Crippen LogP contribution in [0.25, 0.3) is 21.5 Å². The monoisotopic (exact) mass is 393 g/mol. The largest absolute Gasteiger partial charge is 0.344 e. The minimum Gasteiger partial charge on any atom is -0.344 e. The summed E-state index contributed by atoms with van der Waals surface area (Å²) < 4.78 is 0. The van der Waals surface area contributed by atoms with Crippen molar-refractivity contribution in [3.63, 3.8) is 0 Å². The molecule has 0 radical (unpaired) electrons. The summed E-state index contributed by atoms with van der Waals surface area (Å²) in [6.07, 6.45) is 2.34. The third kappa shape index (κ3) is 2.54. The van der Waals surface area contributed by atoms with Crippen LogP contribution in [0.1, 0.15) is 63.1 Å². The summed E-state index contributed by atoms with van der Waals surface area (Å²) in [4.78, 5) is 2.45. The zero-order valence-corrected chi connectivity index (χ0v) is 18.8. The van der Waals surface area contributed by atoms with Crippen molar-refractivity contribution in [1.82, 2.24) is 0 Å². The van der Waals surface area contributed by atoms with Gasteiger partial charge in [0.15, 0.2) is 0 Å². The molecule has 0 saturated heterocycles. The lowest BCUT2D eigenvalue weighted by atomic mass is 9.67. The Labute approximate surface area is 180 Å². The molecule has 4 aromatic carbocycles. The number of hydrogen-bond donors (Lipinski definition) is 0. The van der Waals surface area contributed by atoms with Crippen LogP contribution >= 0.6 is 0 Å². The fourth-order valence-electron chi connectivity index (χ4n) is 5.85. The Kier molecular flexibility index (Phi) is 4.39. The number of fused-ring (bicyclic) bond motifs is 6. The van der Waals surface area contributed by atoms with E-state index >= 15 is 0 Å². The zero-order valence-electron chi connectivity index (χ0n) is 18.8. The molecule has 0 atom stereocenters. The van der Waals surface area contributed by atoms with Crippen LogP contribution in [0.4, 0.5) is 11.4 Å². The molecule has 0 N–H and O–H groups in total. The van der Waals surface area contributed by atoms with Crippen molar-refractivity contribution in [2.75, 3.05) is 11.9 Å². The Hall–Kier alpha value is -2.80. The van der Waals surface area contributed by atoms with Crippen molar-refractivity contribution in [3.05, 3.63) is 83.4 Å². The molecule has 4 aromatic rings. The number of hydrogen-bond acceptors (Lipinski definition) is 1. The summed E-state index contributed by atoms with van der Waals surface area (Å²) in [5.74, 6) is 0.576. The van der Waals surface area contributed by atoms with Crippen molar-refractivity contribution in [2.45, 2.75) is 51.9 Å². The molecule has 152 valence electrons. The smallest absolute Gasteiger partial charge is 0.0532 e. The topological polar surface area (TPSA) is 3.24 Å². The summed E-state index contributed by atoms with van der Waals surface area (Å²) in [5.41, 5.74) is 7.16. The summed E-state index contributed by atoms with van der Waals surface area (Å²) in [6, 6.07) is 24.9. The van der Waals surface area contributed by atoms with Gasteiger partial charge in [-0.25, -0.2) is 0 Å². The molecule has 0 unspecified atom stereocenters. The van der Waals surface area contributed by atoms with Gasteiger partial charge in [-0.1, -0.05) is 88.4 Å². The Morgan fingerprint density at radius 1 is 0.767 bits per heavy atom. The van der Waals surface area contributed by atoms with E-state index < -0.39 is 0 Å². The summed E-state index contributed by atoms with van der Waals surface area (Å²) in [5, 5.41) is 5.41. The van der Waals surface area contributed by atoms with Crippen LogP contribution in [-0.2, 0) is 5.41 Å². The first kappa shape index (κ1) is 19.2. The minimum atomic E-state index is -0.0694. The van der Waals surface area contributed by atoms with Gasteiger partial charge >= 0.3 is 0 Å². The Balaban J connectivity index is 1.95. The molecular formula is C29H31N. The lowest BCUT2D eigenvalue weighted by Gasteiger charge is -2.44. The van der Waals surface area contributed by atoms with E-state index in [1.807, 2.05) is 0 Å². The molecule has 1 nitrogen and oxygen atoms in total. The highest BCUT2D eigenvalue weighted by molar-refractivity contribution is 6.04. The highest BCUT2D eigenvalue weighted by Gasteiger charge is 2.40. The molecule has 0 aliphatic carbocycles. The molecule has 1 heteroatoms. The van der Waals surface area contributed by atoms with Crippen LogP contribution < -0.4 is 4.90 Å². The molecule has 5 rings (SSSR count). The second-order valence-electron chi connectivity index (χ2n) is 9.29. The van der Waals surface area contributed by atoms with Gasteiger partial charge in [0.05, 0.1) is 5.69 Å². The molecule has 0 spiro atoms. The molecule has 30 heavy (non-hydrogen) atoms. The van der Waals surface area contributed by atoms with E-state index in [0.29, 0.717) is 5.92 Å². The van der Waals surface area contributed by atoms with Crippen molar-refractivity contribution in [1.29, 1.82) is 0 Å². The molecule has 1 aliphatic heterocycles. The first-order chi connectivity index (χ1) is 14.5. The van der Waals surface area contributed by atoms with Gasteiger partial charge in [0.2, 0.25) is 0 Å². The predicted octanol–water partition coefficient (Wildman–Crippen LogP) is 8.30. The fraction of sp³-hybridized carbons (Fsp3) is 0.310. The van der Waals surface area contributed by atoms with Crippen LogP contribution in [0.15, 0.2) is 66.7 Å². The standard InChI is InChI=1S/C29H31N/c1-6-19(7-2)24-18-21-13-9-11-15-23(21)28-27(24)29(3,4)26-22-14-10-8-12-20(22)16-17-25(26)30(28)5/h8-19H,6-7H2,1-5H3. The van der Waals surface area contributed by atoms with Crippen molar-refractivity contribution >= 4 is 32.9 Å². The lowest BCUT2D eigenvalue weighted by molar-refractivity contribution is 0.585. The Bertz CT molecular complexity index is 1260. The molecule has 1 heterocycles. The normalized spacial score (nSPS) is 14.9. The maximum Gasteiger partial charge on any atom is 0.0532 e. The molecule has 0 bridgehead atoms. The van der Waals surface area contributed by atoms with E-state index in [-0.39, 0.29) is 5.41 Å². The average Bonchev–Trinajstić information content (AvgIpc) is 2.77. The van der Waals surface area contributed by atoms with Crippen molar-refractivity contribution < 1.29 is 0 Å². The van der Waals surface area contributed by atoms with Crippen molar-refractivity contribution in [3.8, 4) is 0 Å². The number of benzene rings is 4. The molecule has 0 amide bonds. The third-order valence-corrected chi connectivity index (χ3v) is 7.33. The van der Waals surface area contributed by atoms with E-state index in [1.54, 1.807) is 0 Å². The Morgan fingerprint density at radius 3 is 2.10 bits per heavy atom. The van der Waals surface area contributed by atoms with E-state index in [4.69, 9.17) is 0 Å². The van der Waals surface area contributed by atoms with Gasteiger partial charge in [0, 0.05) is 23.5 Å². The SMILES string of the molecule is CCC(CC)c1cc2ccccc2c2c1C(C)(C)c1c(ccc3ccccc13)N2C. The van der Waals surface area contributed by atoms with Gasteiger partial charge in [-0.15, -0.1) is 0 Å². The van der Waals surface area contributed by atoms with E-state index in [2.05, 4.69) is 106 Å². The van der Waals surface area contributed by atoms with Gasteiger partial charge in [0.25, 0.3) is 0 Å². The summed E-state index contributed by atoms with van der Waals surface area (Å²) >= 11 is 0. The maximum absolute atomic E-state index is 2.48. The molecule has 1 aliphatic rings. The number of nitrogens with zero attached hydrogens (tertiary/aromatic N) is 1. The average molecular weight is 394 g/mol. The van der Waals surface area contributed by atoms with Gasteiger partial charge in [-0.05, 0) is 57.7 Å². The highest BCUT2D eigenvalue weighted by Crippen LogP contribution is 2.55.